The molecule has 1 aromatic carbocycles. The number of aromatic nitrogens is 1. The van der Waals surface area contributed by atoms with Crippen molar-refractivity contribution in [3.63, 3.8) is 0 Å². The van der Waals surface area contributed by atoms with Crippen LogP contribution in [0.2, 0.25) is 5.02 Å². The quantitative estimate of drug-likeness (QED) is 0.753. The van der Waals surface area contributed by atoms with Gasteiger partial charge in [-0.25, -0.2) is 13.4 Å². The van der Waals surface area contributed by atoms with Gasteiger partial charge >= 0.3 is 0 Å². The third-order valence-electron chi connectivity index (χ3n) is 2.14. The van der Waals surface area contributed by atoms with Gasteiger partial charge in [0.05, 0.1) is 5.02 Å². The standard InChI is InChI=1S/C11H7Br2ClN2O2S/c12-7-3-1-4-8(14)11(7)19(17,18)16-10-6-2-5-9(13)15-10/h1-6H,(H,15,16). The molecule has 0 radical (unpaired) electrons. The summed E-state index contributed by atoms with van der Waals surface area (Å²) in [7, 11) is -3.80. The van der Waals surface area contributed by atoms with Gasteiger partial charge in [0.25, 0.3) is 10.0 Å². The zero-order valence-electron chi connectivity index (χ0n) is 9.27. The summed E-state index contributed by atoms with van der Waals surface area (Å²) < 4.78 is 27.8. The van der Waals surface area contributed by atoms with E-state index < -0.39 is 10.0 Å². The number of nitrogens with zero attached hydrogens (tertiary/aromatic N) is 1. The predicted octanol–water partition coefficient (Wildman–Crippen LogP) is 4.06. The highest BCUT2D eigenvalue weighted by atomic mass is 79.9. The van der Waals surface area contributed by atoms with Gasteiger partial charge in [0.15, 0.2) is 0 Å². The van der Waals surface area contributed by atoms with E-state index in [2.05, 4.69) is 41.6 Å². The lowest BCUT2D eigenvalue weighted by atomic mass is 10.4. The molecule has 0 amide bonds. The predicted molar refractivity (Wildman–Crippen MR) is 81.9 cm³/mol. The van der Waals surface area contributed by atoms with Crippen LogP contribution in [-0.4, -0.2) is 13.4 Å². The smallest absolute Gasteiger partial charge is 0.263 e. The van der Waals surface area contributed by atoms with E-state index in [9.17, 15) is 8.42 Å². The van der Waals surface area contributed by atoms with E-state index in [4.69, 9.17) is 11.6 Å². The van der Waals surface area contributed by atoms with Crippen LogP contribution in [0.15, 0.2) is 50.4 Å². The fourth-order valence-electron chi connectivity index (χ4n) is 1.39. The normalized spacial score (nSPS) is 11.3. The van der Waals surface area contributed by atoms with Crippen molar-refractivity contribution in [2.45, 2.75) is 4.90 Å². The molecule has 2 rings (SSSR count). The van der Waals surface area contributed by atoms with Crippen molar-refractivity contribution in [3.8, 4) is 0 Å². The van der Waals surface area contributed by atoms with Gasteiger partial charge in [-0.2, -0.15) is 0 Å². The van der Waals surface area contributed by atoms with Crippen molar-refractivity contribution in [1.29, 1.82) is 0 Å². The Morgan fingerprint density at radius 3 is 2.42 bits per heavy atom. The van der Waals surface area contributed by atoms with E-state index in [-0.39, 0.29) is 15.7 Å². The Bertz CT molecular complexity index is 702. The lowest BCUT2D eigenvalue weighted by Gasteiger charge is -2.10. The Morgan fingerprint density at radius 1 is 1.11 bits per heavy atom. The van der Waals surface area contributed by atoms with E-state index in [1.54, 1.807) is 30.3 Å². The number of pyridine rings is 1. The molecule has 4 nitrogen and oxygen atoms in total. The SMILES string of the molecule is O=S(=O)(Nc1cccc(Br)n1)c1c(Cl)cccc1Br. The van der Waals surface area contributed by atoms with Gasteiger partial charge in [0.2, 0.25) is 0 Å². The molecule has 0 bridgehead atoms. The average molecular weight is 427 g/mol. The lowest BCUT2D eigenvalue weighted by Crippen LogP contribution is -2.15. The number of hydrogen-bond acceptors (Lipinski definition) is 3. The molecule has 0 unspecified atom stereocenters. The number of rotatable bonds is 3. The van der Waals surface area contributed by atoms with Crippen LogP contribution in [0.4, 0.5) is 5.82 Å². The minimum absolute atomic E-state index is 0.0153. The van der Waals surface area contributed by atoms with Crippen molar-refractivity contribution in [2.24, 2.45) is 0 Å². The van der Waals surface area contributed by atoms with E-state index >= 15 is 0 Å². The second-order valence-corrected chi connectivity index (χ2v) is 7.20. The Morgan fingerprint density at radius 2 is 1.79 bits per heavy atom. The minimum Gasteiger partial charge on any atom is -0.263 e. The van der Waals surface area contributed by atoms with Crippen molar-refractivity contribution < 1.29 is 8.42 Å². The summed E-state index contributed by atoms with van der Waals surface area (Å²) in [5.41, 5.74) is 0. The molecule has 0 fully saturated rings. The molecule has 100 valence electrons. The number of halogens is 3. The number of sulfonamides is 1. The Kier molecular flexibility index (Phi) is 4.50. The molecular formula is C11H7Br2ClN2O2S. The van der Waals surface area contributed by atoms with Crippen LogP contribution < -0.4 is 4.72 Å². The number of hydrogen-bond donors (Lipinski definition) is 1. The molecule has 0 aliphatic rings. The van der Waals surface area contributed by atoms with Gasteiger partial charge in [-0.15, -0.1) is 0 Å². The van der Waals surface area contributed by atoms with Crippen LogP contribution in [0, 0.1) is 0 Å². The maximum Gasteiger partial charge on any atom is 0.265 e. The van der Waals surface area contributed by atoms with Crippen LogP contribution >= 0.6 is 43.5 Å². The first-order chi connectivity index (χ1) is 8.90. The molecule has 0 saturated carbocycles. The van der Waals surface area contributed by atoms with Gasteiger partial charge in [-0.1, -0.05) is 23.7 Å². The van der Waals surface area contributed by atoms with Gasteiger partial charge in [-0.3, -0.25) is 4.72 Å². The van der Waals surface area contributed by atoms with Crippen molar-refractivity contribution in [3.05, 3.63) is 50.5 Å². The molecular weight excluding hydrogens is 419 g/mol. The number of anilines is 1. The topological polar surface area (TPSA) is 59.1 Å². The highest BCUT2D eigenvalue weighted by Gasteiger charge is 2.21. The third-order valence-corrected chi connectivity index (χ3v) is 5.39. The number of nitrogens with one attached hydrogen (secondary N) is 1. The lowest BCUT2D eigenvalue weighted by molar-refractivity contribution is 0.600. The largest absolute Gasteiger partial charge is 0.265 e. The summed E-state index contributed by atoms with van der Waals surface area (Å²) in [6.07, 6.45) is 0. The van der Waals surface area contributed by atoms with Crippen LogP contribution in [0.5, 0.6) is 0 Å². The first-order valence-electron chi connectivity index (χ1n) is 4.99. The number of benzene rings is 1. The minimum atomic E-state index is -3.80. The summed E-state index contributed by atoms with van der Waals surface area (Å²) in [5, 5.41) is 0.136. The third kappa shape index (κ3) is 3.47. The van der Waals surface area contributed by atoms with Crippen molar-refractivity contribution in [1.82, 2.24) is 4.98 Å². The zero-order valence-corrected chi connectivity index (χ0v) is 14.0. The first-order valence-corrected chi connectivity index (χ1v) is 8.44. The molecule has 0 aliphatic carbocycles. The summed E-state index contributed by atoms with van der Waals surface area (Å²) in [6.45, 7) is 0. The van der Waals surface area contributed by atoms with Gasteiger partial charge in [0, 0.05) is 4.47 Å². The molecule has 0 spiro atoms. The molecule has 2 aromatic rings. The van der Waals surface area contributed by atoms with E-state index in [1.165, 1.54) is 6.07 Å². The van der Waals surface area contributed by atoms with Crippen LogP contribution in [0.25, 0.3) is 0 Å². The molecule has 19 heavy (non-hydrogen) atoms. The van der Waals surface area contributed by atoms with Crippen LogP contribution in [0.3, 0.4) is 0 Å². The van der Waals surface area contributed by atoms with E-state index in [0.717, 1.165) is 0 Å². The highest BCUT2D eigenvalue weighted by molar-refractivity contribution is 9.10. The fraction of sp³-hybridized carbons (Fsp3) is 0. The maximum absolute atomic E-state index is 12.3. The van der Waals surface area contributed by atoms with Gasteiger partial charge < -0.3 is 0 Å². The Balaban J connectivity index is 2.44. The summed E-state index contributed by atoms with van der Waals surface area (Å²) in [4.78, 5) is 4.00. The van der Waals surface area contributed by atoms with E-state index in [1.807, 2.05) is 0 Å². The molecule has 1 heterocycles. The Hall–Kier alpha value is -0.630. The summed E-state index contributed by atoms with van der Waals surface area (Å²) >= 11 is 12.3. The summed E-state index contributed by atoms with van der Waals surface area (Å²) in [5.74, 6) is 0.209. The van der Waals surface area contributed by atoms with Crippen molar-refractivity contribution in [2.75, 3.05) is 4.72 Å². The molecule has 1 aromatic heterocycles. The summed E-state index contributed by atoms with van der Waals surface area (Å²) in [6, 6.07) is 9.69. The van der Waals surface area contributed by atoms with E-state index in [0.29, 0.717) is 9.08 Å². The second-order valence-electron chi connectivity index (χ2n) is 3.50. The zero-order chi connectivity index (χ0) is 14.0. The van der Waals surface area contributed by atoms with Gasteiger partial charge in [0.1, 0.15) is 15.3 Å². The van der Waals surface area contributed by atoms with Crippen LogP contribution in [-0.2, 0) is 10.0 Å². The molecule has 8 heteroatoms. The molecule has 0 atom stereocenters. The monoisotopic (exact) mass is 424 g/mol. The molecule has 0 aliphatic heterocycles. The van der Waals surface area contributed by atoms with Gasteiger partial charge in [-0.05, 0) is 56.1 Å². The molecule has 1 N–H and O–H groups in total. The van der Waals surface area contributed by atoms with Crippen molar-refractivity contribution >= 4 is 59.3 Å². The first kappa shape index (κ1) is 14.8. The highest BCUT2D eigenvalue weighted by Crippen LogP contribution is 2.30. The fourth-order valence-corrected chi connectivity index (χ4v) is 4.48. The van der Waals surface area contributed by atoms with Crippen LogP contribution in [0.1, 0.15) is 0 Å². The average Bonchev–Trinajstić information content (AvgIpc) is 2.27. The Labute approximate surface area is 132 Å². The maximum atomic E-state index is 12.3. The second kappa shape index (κ2) is 5.78. The molecule has 0 saturated heterocycles.